The lowest BCUT2D eigenvalue weighted by atomic mass is 10.2. The van der Waals surface area contributed by atoms with E-state index >= 15 is 0 Å². The molecule has 0 atom stereocenters. The van der Waals surface area contributed by atoms with E-state index in [4.69, 9.17) is 16.3 Å². The number of carbonyl (C=O) groups is 1. The van der Waals surface area contributed by atoms with Gasteiger partial charge in [-0.15, -0.1) is 0 Å². The molecule has 0 saturated carbocycles. The number of aromatic amines is 1. The van der Waals surface area contributed by atoms with Gasteiger partial charge in [0.1, 0.15) is 37.4 Å². The first-order valence-corrected chi connectivity index (χ1v) is 7.71. The lowest BCUT2D eigenvalue weighted by Gasteiger charge is -2.28. The van der Waals surface area contributed by atoms with E-state index in [0.717, 1.165) is 17.2 Å². The molecule has 0 amide bonds. The number of halogens is 4. The fourth-order valence-corrected chi connectivity index (χ4v) is 2.80. The molecular formula is C14H19ClF3N3O2+2. The number of ether oxygens (including phenoxy) is 1. The number of rotatable bonds is 4. The first-order chi connectivity index (χ1) is 10.8. The van der Waals surface area contributed by atoms with E-state index in [2.05, 4.69) is 4.98 Å². The monoisotopic (exact) mass is 353 g/mol. The predicted molar refractivity (Wildman–Crippen MR) is 77.4 cm³/mol. The van der Waals surface area contributed by atoms with Crippen molar-refractivity contribution in [2.75, 3.05) is 44.2 Å². The van der Waals surface area contributed by atoms with Crippen LogP contribution in [-0.2, 0) is 15.7 Å². The van der Waals surface area contributed by atoms with E-state index < -0.39 is 11.7 Å². The standard InChI is InChI=1S/C14H17ClF3N3O2/c1-2-23-12(22)9-20-3-5-21(6-4-20)13-11(15)7-10(8-19-13)14(16,17)18/h7-8H,2-6,9H2,1H3/p+2. The minimum Gasteiger partial charge on any atom is -0.462 e. The van der Waals surface area contributed by atoms with Crippen molar-refractivity contribution >= 4 is 23.4 Å². The second-order valence-electron chi connectivity index (χ2n) is 5.30. The van der Waals surface area contributed by atoms with Crippen LogP contribution in [0.15, 0.2) is 12.3 Å². The highest BCUT2D eigenvalue weighted by Gasteiger charge is 2.35. The summed E-state index contributed by atoms with van der Waals surface area (Å²) < 4.78 is 42.8. The van der Waals surface area contributed by atoms with Gasteiger partial charge in [0.2, 0.25) is 0 Å². The maximum Gasteiger partial charge on any atom is 0.419 e. The zero-order chi connectivity index (χ0) is 17.0. The molecule has 2 N–H and O–H groups in total. The molecule has 23 heavy (non-hydrogen) atoms. The number of quaternary nitrogens is 1. The fourth-order valence-electron chi connectivity index (χ4n) is 2.51. The summed E-state index contributed by atoms with van der Waals surface area (Å²) in [6.07, 6.45) is -3.51. The molecule has 2 heterocycles. The molecule has 2 rings (SSSR count). The third kappa shape index (κ3) is 4.71. The number of nitrogens with zero attached hydrogens (tertiary/aromatic N) is 1. The van der Waals surface area contributed by atoms with Crippen LogP contribution in [0, 0.1) is 0 Å². The van der Waals surface area contributed by atoms with Gasteiger partial charge in [-0.3, -0.25) is 0 Å². The summed E-state index contributed by atoms with van der Waals surface area (Å²) in [5.74, 6) is 0.227. The summed E-state index contributed by atoms with van der Waals surface area (Å²) >= 11 is 5.98. The average molecular weight is 354 g/mol. The van der Waals surface area contributed by atoms with Gasteiger partial charge in [-0.25, -0.2) is 14.7 Å². The Morgan fingerprint density at radius 2 is 2.09 bits per heavy atom. The number of anilines is 1. The van der Waals surface area contributed by atoms with Crippen LogP contribution < -0.4 is 14.8 Å². The van der Waals surface area contributed by atoms with Gasteiger partial charge in [-0.05, 0) is 13.0 Å². The summed E-state index contributed by atoms with van der Waals surface area (Å²) in [6, 6.07) is 0.922. The number of hydrogen-bond acceptors (Lipinski definition) is 3. The fraction of sp³-hybridized carbons (Fsp3) is 0.571. The van der Waals surface area contributed by atoms with E-state index in [1.165, 1.54) is 0 Å². The molecule has 1 fully saturated rings. The van der Waals surface area contributed by atoms with Crippen molar-refractivity contribution in [1.29, 1.82) is 0 Å². The number of nitrogens with one attached hydrogen (secondary N) is 2. The van der Waals surface area contributed by atoms with Crippen LogP contribution in [0.5, 0.6) is 0 Å². The van der Waals surface area contributed by atoms with E-state index in [1.54, 1.807) is 6.92 Å². The Labute approximate surface area is 137 Å². The SMILES string of the molecule is CCOC(=O)C[NH+]1CCN(c2[nH+]cc(C(F)(F)F)cc2Cl)CC1. The van der Waals surface area contributed by atoms with Crippen molar-refractivity contribution < 1.29 is 32.6 Å². The molecular weight excluding hydrogens is 335 g/mol. The van der Waals surface area contributed by atoms with Crippen molar-refractivity contribution in [1.82, 2.24) is 0 Å². The minimum absolute atomic E-state index is 0.0358. The van der Waals surface area contributed by atoms with Crippen molar-refractivity contribution in [2.24, 2.45) is 0 Å². The van der Waals surface area contributed by atoms with Crippen molar-refractivity contribution in [2.45, 2.75) is 13.1 Å². The number of H-pyrrole nitrogens is 1. The number of alkyl halides is 3. The second kappa shape index (κ2) is 7.35. The number of aromatic nitrogens is 1. The number of pyridine rings is 1. The Bertz CT molecular complexity index is 561. The first kappa shape index (κ1) is 17.8. The molecule has 0 unspecified atom stereocenters. The maximum atomic E-state index is 12.6. The maximum absolute atomic E-state index is 12.6. The number of esters is 1. The van der Waals surface area contributed by atoms with Gasteiger partial charge in [-0.2, -0.15) is 13.2 Å². The van der Waals surface area contributed by atoms with E-state index in [-0.39, 0.29) is 11.0 Å². The first-order valence-electron chi connectivity index (χ1n) is 7.33. The van der Waals surface area contributed by atoms with Crippen LogP contribution in [0.4, 0.5) is 19.0 Å². The highest BCUT2D eigenvalue weighted by atomic mass is 35.5. The molecule has 128 valence electrons. The van der Waals surface area contributed by atoms with Crippen LogP contribution in [0.2, 0.25) is 5.02 Å². The molecule has 0 aliphatic carbocycles. The Hall–Kier alpha value is -1.54. The lowest BCUT2D eigenvalue weighted by molar-refractivity contribution is -0.893. The normalized spacial score (nSPS) is 16.5. The molecule has 0 aromatic carbocycles. The summed E-state index contributed by atoms with van der Waals surface area (Å²) in [4.78, 5) is 17.1. The second-order valence-corrected chi connectivity index (χ2v) is 5.71. The number of carbonyl (C=O) groups excluding carboxylic acids is 1. The predicted octanol–water partition coefficient (Wildman–Crippen LogP) is 0.441. The van der Waals surface area contributed by atoms with E-state index in [0.29, 0.717) is 45.1 Å². The molecule has 0 radical (unpaired) electrons. The largest absolute Gasteiger partial charge is 0.462 e. The van der Waals surface area contributed by atoms with Gasteiger partial charge >= 0.3 is 12.1 Å². The Morgan fingerprint density at radius 1 is 1.43 bits per heavy atom. The molecule has 1 aromatic heterocycles. The molecule has 5 nitrogen and oxygen atoms in total. The smallest absolute Gasteiger partial charge is 0.419 e. The van der Waals surface area contributed by atoms with Crippen LogP contribution >= 0.6 is 11.6 Å². The van der Waals surface area contributed by atoms with Crippen molar-refractivity contribution in [3.8, 4) is 0 Å². The minimum atomic E-state index is -4.43. The highest BCUT2D eigenvalue weighted by molar-refractivity contribution is 6.32. The quantitative estimate of drug-likeness (QED) is 0.799. The number of piperazine rings is 1. The van der Waals surface area contributed by atoms with Crippen LogP contribution in [0.25, 0.3) is 0 Å². The highest BCUT2D eigenvalue weighted by Crippen LogP contribution is 2.31. The third-order valence-electron chi connectivity index (χ3n) is 3.69. The third-order valence-corrected chi connectivity index (χ3v) is 3.97. The van der Waals surface area contributed by atoms with Gasteiger partial charge in [0, 0.05) is 0 Å². The lowest BCUT2D eigenvalue weighted by Crippen LogP contribution is -3.15. The van der Waals surface area contributed by atoms with E-state index in [1.807, 2.05) is 4.90 Å². The summed E-state index contributed by atoms with van der Waals surface area (Å²) in [5, 5.41) is 0.0358. The van der Waals surface area contributed by atoms with Crippen LogP contribution in [-0.4, -0.2) is 45.3 Å². The zero-order valence-electron chi connectivity index (χ0n) is 12.7. The van der Waals surface area contributed by atoms with Gasteiger partial charge < -0.3 is 9.64 Å². The summed E-state index contributed by atoms with van der Waals surface area (Å²) in [6.45, 7) is 4.97. The van der Waals surface area contributed by atoms with Crippen molar-refractivity contribution in [3.05, 3.63) is 22.8 Å². The zero-order valence-corrected chi connectivity index (χ0v) is 13.4. The molecule has 1 aromatic rings. The van der Waals surface area contributed by atoms with Gasteiger partial charge in [0.25, 0.3) is 5.82 Å². The van der Waals surface area contributed by atoms with Crippen LogP contribution in [0.3, 0.4) is 0 Å². The average Bonchev–Trinajstić information content (AvgIpc) is 2.47. The summed E-state index contributed by atoms with van der Waals surface area (Å²) in [7, 11) is 0. The molecule has 9 heteroatoms. The van der Waals surface area contributed by atoms with Crippen molar-refractivity contribution in [3.63, 3.8) is 0 Å². The van der Waals surface area contributed by atoms with Gasteiger partial charge in [-0.1, -0.05) is 11.6 Å². The Morgan fingerprint density at radius 3 is 2.61 bits per heavy atom. The Kier molecular flexibility index (Phi) is 5.69. The van der Waals surface area contributed by atoms with Gasteiger partial charge in [0.05, 0.1) is 12.2 Å². The Balaban J connectivity index is 1.96. The molecule has 1 aliphatic rings. The van der Waals surface area contributed by atoms with Gasteiger partial charge in [0.15, 0.2) is 6.54 Å². The number of hydrogen-bond donors (Lipinski definition) is 1. The molecule has 1 aliphatic heterocycles. The molecule has 1 saturated heterocycles. The topological polar surface area (TPSA) is 48.1 Å². The summed E-state index contributed by atoms with van der Waals surface area (Å²) in [5.41, 5.74) is -0.808. The van der Waals surface area contributed by atoms with E-state index in [9.17, 15) is 18.0 Å². The molecule has 0 spiro atoms. The van der Waals surface area contributed by atoms with Crippen LogP contribution in [0.1, 0.15) is 12.5 Å². The molecule has 0 bridgehead atoms.